The molecule has 0 heterocycles. The van der Waals surface area contributed by atoms with E-state index in [0.29, 0.717) is 17.4 Å². The van der Waals surface area contributed by atoms with Crippen LogP contribution >= 0.6 is 15.9 Å². The topological polar surface area (TPSA) is 66.4 Å². The molecule has 2 aromatic rings. The first-order chi connectivity index (χ1) is 9.49. The molecule has 0 saturated carbocycles. The predicted molar refractivity (Wildman–Crippen MR) is 81.1 cm³/mol. The van der Waals surface area contributed by atoms with E-state index in [0.717, 1.165) is 5.56 Å². The molecule has 0 aliphatic carbocycles. The van der Waals surface area contributed by atoms with Crippen LogP contribution in [0.25, 0.3) is 0 Å². The molecule has 0 aromatic heterocycles. The van der Waals surface area contributed by atoms with Crippen LogP contribution < -0.4 is 4.72 Å². The van der Waals surface area contributed by atoms with Gasteiger partial charge in [0, 0.05) is 11.0 Å². The summed E-state index contributed by atoms with van der Waals surface area (Å²) in [6.45, 7) is 0.300. The van der Waals surface area contributed by atoms with E-state index in [1.165, 1.54) is 0 Å². The zero-order chi connectivity index (χ0) is 14.6. The van der Waals surface area contributed by atoms with Crippen molar-refractivity contribution in [3.8, 4) is 5.75 Å². The van der Waals surface area contributed by atoms with Gasteiger partial charge in [0.1, 0.15) is 5.75 Å². The Labute approximate surface area is 126 Å². The van der Waals surface area contributed by atoms with Crippen LogP contribution in [0.4, 0.5) is 0 Å². The molecule has 0 fully saturated rings. The minimum atomic E-state index is -3.52. The maximum Gasteiger partial charge on any atom is 0.241 e. The van der Waals surface area contributed by atoms with Gasteiger partial charge in [0.05, 0.1) is 4.90 Å². The zero-order valence-electron chi connectivity index (χ0n) is 10.6. The Bertz CT molecular complexity index is 684. The van der Waals surface area contributed by atoms with Gasteiger partial charge in [-0.05, 0) is 52.2 Å². The van der Waals surface area contributed by atoms with Gasteiger partial charge < -0.3 is 5.11 Å². The maximum atomic E-state index is 12.1. The van der Waals surface area contributed by atoms with Crippen molar-refractivity contribution in [2.24, 2.45) is 0 Å². The van der Waals surface area contributed by atoms with Crippen molar-refractivity contribution >= 4 is 26.0 Å². The molecule has 0 amide bonds. The number of sulfonamides is 1. The molecule has 0 radical (unpaired) electrons. The highest BCUT2D eigenvalue weighted by atomic mass is 79.9. The average Bonchev–Trinajstić information content (AvgIpc) is 2.41. The monoisotopic (exact) mass is 355 g/mol. The molecule has 0 bridgehead atoms. The largest absolute Gasteiger partial charge is 0.508 e. The fourth-order valence-corrected chi connectivity index (χ4v) is 3.77. The third kappa shape index (κ3) is 3.82. The second kappa shape index (κ2) is 6.39. The summed E-state index contributed by atoms with van der Waals surface area (Å²) in [4.78, 5) is 0.228. The molecule has 20 heavy (non-hydrogen) atoms. The summed E-state index contributed by atoms with van der Waals surface area (Å²) in [5.74, 6) is 0.197. The van der Waals surface area contributed by atoms with Crippen molar-refractivity contribution in [3.63, 3.8) is 0 Å². The molecule has 6 heteroatoms. The normalized spacial score (nSPS) is 11.4. The Kier molecular flexibility index (Phi) is 4.80. The Hall–Kier alpha value is -1.37. The van der Waals surface area contributed by atoms with E-state index in [2.05, 4.69) is 20.7 Å². The molecule has 2 rings (SSSR count). The molecule has 0 unspecified atom stereocenters. The molecule has 4 nitrogen and oxygen atoms in total. The predicted octanol–water partition coefficient (Wildman–Crippen LogP) is 2.68. The fraction of sp³-hybridized carbons (Fsp3) is 0.143. The van der Waals surface area contributed by atoms with Crippen LogP contribution in [-0.4, -0.2) is 20.1 Å². The minimum absolute atomic E-state index is 0.197. The Morgan fingerprint density at radius 3 is 2.35 bits per heavy atom. The smallest absolute Gasteiger partial charge is 0.241 e. The highest BCUT2D eigenvalue weighted by Gasteiger charge is 2.16. The van der Waals surface area contributed by atoms with Gasteiger partial charge in [-0.25, -0.2) is 13.1 Å². The first kappa shape index (κ1) is 15.0. The molecule has 0 spiro atoms. The summed E-state index contributed by atoms with van der Waals surface area (Å²) < 4.78 is 27.3. The lowest BCUT2D eigenvalue weighted by molar-refractivity contribution is 0.475. The van der Waals surface area contributed by atoms with Crippen LogP contribution in [0.1, 0.15) is 5.56 Å². The van der Waals surface area contributed by atoms with Gasteiger partial charge in [-0.2, -0.15) is 0 Å². The van der Waals surface area contributed by atoms with E-state index in [-0.39, 0.29) is 10.6 Å². The SMILES string of the molecule is O=S(=O)(NCCc1ccc(O)cc1)c1ccccc1Br. The maximum absolute atomic E-state index is 12.1. The molecular weight excluding hydrogens is 342 g/mol. The third-order valence-corrected chi connectivity index (χ3v) is 5.24. The van der Waals surface area contributed by atoms with Crippen LogP contribution in [0.2, 0.25) is 0 Å². The second-order valence-electron chi connectivity index (χ2n) is 4.24. The summed E-state index contributed by atoms with van der Waals surface area (Å²) in [6.07, 6.45) is 0.559. The number of benzene rings is 2. The van der Waals surface area contributed by atoms with Gasteiger partial charge in [0.25, 0.3) is 0 Å². The van der Waals surface area contributed by atoms with Crippen molar-refractivity contribution in [2.45, 2.75) is 11.3 Å². The molecule has 0 aliphatic rings. The highest BCUT2D eigenvalue weighted by Crippen LogP contribution is 2.20. The number of phenolic OH excluding ortho intramolecular Hbond substituents is 1. The lowest BCUT2D eigenvalue weighted by Crippen LogP contribution is -2.26. The van der Waals surface area contributed by atoms with Crippen LogP contribution in [0.3, 0.4) is 0 Å². The van der Waals surface area contributed by atoms with Gasteiger partial charge >= 0.3 is 0 Å². The van der Waals surface area contributed by atoms with Crippen molar-refractivity contribution in [2.75, 3.05) is 6.54 Å². The van der Waals surface area contributed by atoms with E-state index in [1.54, 1.807) is 48.5 Å². The minimum Gasteiger partial charge on any atom is -0.508 e. The molecule has 0 saturated heterocycles. The highest BCUT2D eigenvalue weighted by molar-refractivity contribution is 9.10. The van der Waals surface area contributed by atoms with Crippen molar-refractivity contribution < 1.29 is 13.5 Å². The van der Waals surface area contributed by atoms with Crippen molar-refractivity contribution in [1.29, 1.82) is 0 Å². The number of phenols is 1. The summed E-state index contributed by atoms with van der Waals surface area (Å²) in [6, 6.07) is 13.4. The Morgan fingerprint density at radius 1 is 1.05 bits per heavy atom. The lowest BCUT2D eigenvalue weighted by atomic mass is 10.1. The van der Waals surface area contributed by atoms with Crippen LogP contribution in [0.15, 0.2) is 57.9 Å². The quantitative estimate of drug-likeness (QED) is 0.866. The third-order valence-electron chi connectivity index (χ3n) is 2.77. The Balaban J connectivity index is 2.00. The first-order valence-electron chi connectivity index (χ1n) is 6.01. The molecule has 0 atom stereocenters. The number of hydrogen-bond acceptors (Lipinski definition) is 3. The van der Waals surface area contributed by atoms with E-state index in [1.807, 2.05) is 0 Å². The van der Waals surface area contributed by atoms with E-state index >= 15 is 0 Å². The number of rotatable bonds is 5. The fourth-order valence-electron chi connectivity index (χ4n) is 1.73. The number of hydrogen-bond donors (Lipinski definition) is 2. The molecule has 2 N–H and O–H groups in total. The van der Waals surface area contributed by atoms with E-state index in [9.17, 15) is 13.5 Å². The summed E-state index contributed by atoms with van der Waals surface area (Å²) in [7, 11) is -3.52. The van der Waals surface area contributed by atoms with Crippen LogP contribution in [-0.2, 0) is 16.4 Å². The van der Waals surface area contributed by atoms with Gasteiger partial charge in [-0.15, -0.1) is 0 Å². The second-order valence-corrected chi connectivity index (χ2v) is 6.83. The van der Waals surface area contributed by atoms with E-state index in [4.69, 9.17) is 0 Å². The van der Waals surface area contributed by atoms with Crippen LogP contribution in [0, 0.1) is 0 Å². The van der Waals surface area contributed by atoms with Crippen LogP contribution in [0.5, 0.6) is 5.75 Å². The number of aromatic hydroxyl groups is 1. The average molecular weight is 356 g/mol. The Morgan fingerprint density at radius 2 is 1.70 bits per heavy atom. The summed E-state index contributed by atoms with van der Waals surface area (Å²) >= 11 is 3.23. The van der Waals surface area contributed by atoms with Crippen molar-refractivity contribution in [1.82, 2.24) is 4.72 Å². The molecule has 2 aromatic carbocycles. The molecule has 106 valence electrons. The molecular formula is C14H14BrNO3S. The van der Waals surface area contributed by atoms with Gasteiger partial charge in [-0.3, -0.25) is 0 Å². The standard InChI is InChI=1S/C14H14BrNO3S/c15-13-3-1-2-4-14(13)20(18,19)16-10-9-11-5-7-12(17)8-6-11/h1-8,16-17H,9-10H2. The zero-order valence-corrected chi connectivity index (χ0v) is 13.0. The van der Waals surface area contributed by atoms with Gasteiger partial charge in [-0.1, -0.05) is 24.3 Å². The summed E-state index contributed by atoms with van der Waals surface area (Å²) in [5, 5.41) is 9.17. The number of nitrogens with one attached hydrogen (secondary N) is 1. The first-order valence-corrected chi connectivity index (χ1v) is 8.29. The molecule has 0 aliphatic heterocycles. The van der Waals surface area contributed by atoms with Gasteiger partial charge in [0.2, 0.25) is 10.0 Å². The summed E-state index contributed by atoms with van der Waals surface area (Å²) in [5.41, 5.74) is 0.956. The lowest BCUT2D eigenvalue weighted by Gasteiger charge is -2.08. The van der Waals surface area contributed by atoms with Crippen molar-refractivity contribution in [3.05, 3.63) is 58.6 Å². The number of halogens is 1. The van der Waals surface area contributed by atoms with E-state index < -0.39 is 10.0 Å². The van der Waals surface area contributed by atoms with Gasteiger partial charge in [0.15, 0.2) is 0 Å².